The maximum absolute atomic E-state index is 12.9. The first-order valence-corrected chi connectivity index (χ1v) is 10.7. The van der Waals surface area contributed by atoms with Crippen molar-refractivity contribution in [3.05, 3.63) is 56.8 Å². The SMILES string of the molecule is CC(=O)O.COc1ccc(C=c2sc3nc(-c4ccc(OC)c(OC)c4)nn3c2=O)c(OC)c1. The van der Waals surface area contributed by atoms with E-state index in [1.54, 1.807) is 52.7 Å². The molecule has 0 aliphatic heterocycles. The Kier molecular flexibility index (Phi) is 7.69. The lowest BCUT2D eigenvalue weighted by atomic mass is 10.2. The second-order valence-electron chi connectivity index (χ2n) is 6.74. The first-order chi connectivity index (χ1) is 16.3. The van der Waals surface area contributed by atoms with Crippen molar-refractivity contribution in [3.63, 3.8) is 0 Å². The summed E-state index contributed by atoms with van der Waals surface area (Å²) in [5.41, 5.74) is 1.25. The van der Waals surface area contributed by atoms with Gasteiger partial charge in [-0.05, 0) is 36.4 Å². The van der Waals surface area contributed by atoms with Crippen LogP contribution in [0.15, 0.2) is 41.2 Å². The average Bonchev–Trinajstić information content (AvgIpc) is 3.37. The largest absolute Gasteiger partial charge is 0.497 e. The third kappa shape index (κ3) is 5.26. The number of hydrogen-bond acceptors (Lipinski definition) is 9. The van der Waals surface area contributed by atoms with E-state index in [1.165, 1.54) is 15.9 Å². The molecule has 4 aromatic rings. The van der Waals surface area contributed by atoms with Crippen molar-refractivity contribution in [1.29, 1.82) is 0 Å². The molecule has 0 spiro atoms. The van der Waals surface area contributed by atoms with Crippen LogP contribution in [-0.2, 0) is 4.79 Å². The molecule has 0 unspecified atom stereocenters. The Balaban J connectivity index is 0.000000751. The van der Waals surface area contributed by atoms with Gasteiger partial charge in [0.1, 0.15) is 11.5 Å². The number of thiazole rings is 1. The monoisotopic (exact) mass is 485 g/mol. The van der Waals surface area contributed by atoms with Crippen molar-refractivity contribution in [2.75, 3.05) is 28.4 Å². The van der Waals surface area contributed by atoms with Crippen molar-refractivity contribution in [2.45, 2.75) is 6.92 Å². The molecule has 0 fully saturated rings. The number of methoxy groups -OCH3 is 4. The van der Waals surface area contributed by atoms with E-state index in [1.807, 2.05) is 18.2 Å². The van der Waals surface area contributed by atoms with Crippen LogP contribution in [-0.4, -0.2) is 54.1 Å². The molecule has 2 heterocycles. The van der Waals surface area contributed by atoms with Gasteiger partial charge in [-0.25, -0.2) is 0 Å². The first-order valence-electron chi connectivity index (χ1n) is 9.86. The van der Waals surface area contributed by atoms with Gasteiger partial charge >= 0.3 is 0 Å². The van der Waals surface area contributed by atoms with E-state index >= 15 is 0 Å². The molecule has 11 heteroatoms. The van der Waals surface area contributed by atoms with Crippen LogP contribution in [0.3, 0.4) is 0 Å². The van der Waals surface area contributed by atoms with Gasteiger partial charge in [0.15, 0.2) is 17.3 Å². The number of carbonyl (C=O) groups is 1. The Bertz CT molecular complexity index is 1420. The summed E-state index contributed by atoms with van der Waals surface area (Å²) >= 11 is 1.26. The summed E-state index contributed by atoms with van der Waals surface area (Å²) in [5.74, 6) is 2.06. The van der Waals surface area contributed by atoms with E-state index in [9.17, 15) is 4.79 Å². The van der Waals surface area contributed by atoms with Crippen LogP contribution in [0.2, 0.25) is 0 Å². The topological polar surface area (TPSA) is 121 Å². The van der Waals surface area contributed by atoms with Gasteiger partial charge in [0.05, 0.1) is 33.0 Å². The minimum absolute atomic E-state index is 0.243. The summed E-state index contributed by atoms with van der Waals surface area (Å²) in [6.07, 6.45) is 1.76. The van der Waals surface area contributed by atoms with Crippen molar-refractivity contribution in [1.82, 2.24) is 14.6 Å². The molecule has 4 rings (SSSR count). The molecule has 0 atom stereocenters. The van der Waals surface area contributed by atoms with E-state index in [0.717, 1.165) is 18.1 Å². The van der Waals surface area contributed by atoms with Gasteiger partial charge in [-0.3, -0.25) is 9.59 Å². The van der Waals surface area contributed by atoms with Gasteiger partial charge in [-0.1, -0.05) is 11.3 Å². The van der Waals surface area contributed by atoms with Crippen LogP contribution >= 0.6 is 11.3 Å². The zero-order valence-corrected chi connectivity index (χ0v) is 20.0. The van der Waals surface area contributed by atoms with E-state index in [2.05, 4.69) is 10.1 Å². The molecule has 178 valence electrons. The number of nitrogens with zero attached hydrogens (tertiary/aromatic N) is 3. The lowest BCUT2D eigenvalue weighted by Gasteiger charge is -2.07. The average molecular weight is 486 g/mol. The van der Waals surface area contributed by atoms with Crippen LogP contribution in [0.25, 0.3) is 22.4 Å². The minimum Gasteiger partial charge on any atom is -0.497 e. The standard InChI is InChI=1S/C21H19N3O5S.C2H4O2/c1-26-14-7-5-12(16(11-14)28-3)10-18-20(25)24-21(30-18)22-19(23-24)13-6-8-15(27-2)17(9-13)29-4;1-2(3)4/h5-11H,1-4H3;1H3,(H,3,4). The Hall–Kier alpha value is -4.12. The summed E-state index contributed by atoms with van der Waals surface area (Å²) < 4.78 is 23.0. The number of carboxylic acid groups (broad SMARTS) is 1. The highest BCUT2D eigenvalue weighted by molar-refractivity contribution is 7.15. The molecule has 2 aromatic carbocycles. The number of aromatic nitrogens is 3. The molecule has 0 aliphatic rings. The van der Waals surface area contributed by atoms with Gasteiger partial charge in [-0.2, -0.15) is 9.50 Å². The van der Waals surface area contributed by atoms with E-state index in [0.29, 0.717) is 38.3 Å². The molecule has 0 radical (unpaired) electrons. The third-order valence-electron chi connectivity index (χ3n) is 4.55. The van der Waals surface area contributed by atoms with Crippen molar-refractivity contribution < 1.29 is 28.8 Å². The number of rotatable bonds is 6. The quantitative estimate of drug-likeness (QED) is 0.439. The fraction of sp³-hybridized carbons (Fsp3) is 0.217. The lowest BCUT2D eigenvalue weighted by molar-refractivity contribution is -0.134. The van der Waals surface area contributed by atoms with Crippen molar-refractivity contribution in [2.24, 2.45) is 0 Å². The summed E-state index contributed by atoms with van der Waals surface area (Å²) in [6, 6.07) is 10.8. The molecular weight excluding hydrogens is 462 g/mol. The lowest BCUT2D eigenvalue weighted by Crippen LogP contribution is -2.23. The highest BCUT2D eigenvalue weighted by atomic mass is 32.1. The summed E-state index contributed by atoms with van der Waals surface area (Å²) in [7, 11) is 6.29. The minimum atomic E-state index is -0.833. The van der Waals surface area contributed by atoms with Crippen molar-refractivity contribution >= 4 is 28.3 Å². The number of hydrogen-bond donors (Lipinski definition) is 1. The van der Waals surface area contributed by atoms with E-state index in [4.69, 9.17) is 28.8 Å². The summed E-state index contributed by atoms with van der Waals surface area (Å²) in [4.78, 5) is 26.9. The number of fused-ring (bicyclic) bond motifs is 1. The van der Waals surface area contributed by atoms with Gasteiger partial charge in [-0.15, -0.1) is 5.10 Å². The molecule has 10 nitrogen and oxygen atoms in total. The predicted octanol–water partition coefficient (Wildman–Crippen LogP) is 2.49. The fourth-order valence-electron chi connectivity index (χ4n) is 3.01. The number of carboxylic acids is 1. The maximum Gasteiger partial charge on any atom is 0.300 e. The zero-order chi connectivity index (χ0) is 24.8. The third-order valence-corrected chi connectivity index (χ3v) is 5.51. The zero-order valence-electron chi connectivity index (χ0n) is 19.2. The molecule has 0 saturated heterocycles. The molecule has 0 amide bonds. The van der Waals surface area contributed by atoms with Crippen LogP contribution in [0, 0.1) is 0 Å². The maximum atomic E-state index is 12.9. The number of aliphatic carboxylic acids is 1. The van der Waals surface area contributed by atoms with Gasteiger partial charge in [0.2, 0.25) is 4.96 Å². The molecule has 0 aliphatic carbocycles. The number of benzene rings is 2. The van der Waals surface area contributed by atoms with Gasteiger partial charge < -0.3 is 24.1 Å². The highest BCUT2D eigenvalue weighted by Gasteiger charge is 2.14. The first kappa shape index (κ1) is 24.5. The fourth-order valence-corrected chi connectivity index (χ4v) is 3.91. The van der Waals surface area contributed by atoms with Crippen LogP contribution in [0.1, 0.15) is 12.5 Å². The summed E-state index contributed by atoms with van der Waals surface area (Å²) in [5, 5.41) is 11.8. The molecule has 34 heavy (non-hydrogen) atoms. The Morgan fingerprint density at radius 3 is 2.24 bits per heavy atom. The Labute approximate surface area is 198 Å². The molecule has 0 bridgehead atoms. The van der Waals surface area contributed by atoms with E-state index < -0.39 is 5.97 Å². The molecule has 0 saturated carbocycles. The second-order valence-corrected chi connectivity index (χ2v) is 7.75. The van der Waals surface area contributed by atoms with E-state index in [-0.39, 0.29) is 5.56 Å². The molecular formula is C23H23N3O7S. The molecule has 1 N–H and O–H groups in total. The predicted molar refractivity (Wildman–Crippen MR) is 127 cm³/mol. The van der Waals surface area contributed by atoms with Crippen LogP contribution in [0.5, 0.6) is 23.0 Å². The van der Waals surface area contributed by atoms with Crippen LogP contribution in [0.4, 0.5) is 0 Å². The normalized spacial score (nSPS) is 11.0. The smallest absolute Gasteiger partial charge is 0.300 e. The Morgan fingerprint density at radius 1 is 0.971 bits per heavy atom. The van der Waals surface area contributed by atoms with Crippen LogP contribution < -0.4 is 29.0 Å². The summed E-state index contributed by atoms with van der Waals surface area (Å²) in [6.45, 7) is 1.08. The van der Waals surface area contributed by atoms with Gasteiger partial charge in [0, 0.05) is 24.1 Å². The van der Waals surface area contributed by atoms with Gasteiger partial charge in [0.25, 0.3) is 11.5 Å². The van der Waals surface area contributed by atoms with Crippen molar-refractivity contribution in [3.8, 4) is 34.4 Å². The number of ether oxygens (including phenoxy) is 4. The Morgan fingerprint density at radius 2 is 1.65 bits per heavy atom. The highest BCUT2D eigenvalue weighted by Crippen LogP contribution is 2.31. The second kappa shape index (κ2) is 10.7. The molecule has 2 aromatic heterocycles.